The smallest absolute Gasteiger partial charge is 0.220 e. The molecule has 0 aliphatic heterocycles. The number of nitrogens with one attached hydrogen (secondary N) is 1. The molecule has 0 bridgehead atoms. The number of carbonyl (C=O) groups is 1. The summed E-state index contributed by atoms with van der Waals surface area (Å²) in [6, 6.07) is 16.2. The fraction of sp³-hybridized carbons (Fsp3) is 0.318. The summed E-state index contributed by atoms with van der Waals surface area (Å²) in [6.45, 7) is 2.86. The largest absolute Gasteiger partial charge is 0.356 e. The highest BCUT2D eigenvalue weighted by Crippen LogP contribution is 2.34. The molecule has 0 aliphatic rings. The van der Waals surface area contributed by atoms with Crippen LogP contribution in [0, 0.1) is 0 Å². The molecule has 2 aromatic carbocycles. The number of carbonyl (C=O) groups excluding carboxylic acids is 1. The lowest BCUT2D eigenvalue weighted by Gasteiger charge is -2.17. The Morgan fingerprint density at radius 2 is 1.88 bits per heavy atom. The highest BCUT2D eigenvalue weighted by molar-refractivity contribution is 6.30. The summed E-state index contributed by atoms with van der Waals surface area (Å²) in [4.78, 5) is 12.5. The van der Waals surface area contributed by atoms with Gasteiger partial charge in [0.1, 0.15) is 0 Å². The average Bonchev–Trinajstić information content (AvgIpc) is 2.98. The summed E-state index contributed by atoms with van der Waals surface area (Å²) in [5, 5.41) is 4.95. The minimum atomic E-state index is -0.00000630. The highest BCUT2D eigenvalue weighted by Gasteiger charge is 2.22. The molecule has 136 valence electrons. The summed E-state index contributed by atoms with van der Waals surface area (Å²) in [6.07, 6.45) is 4.65. The summed E-state index contributed by atoms with van der Waals surface area (Å²) in [7, 11) is 2.05. The molecule has 0 spiro atoms. The molecule has 3 nitrogen and oxygen atoms in total. The van der Waals surface area contributed by atoms with Crippen LogP contribution >= 0.6 is 11.6 Å². The zero-order valence-electron chi connectivity index (χ0n) is 15.3. The second-order valence-corrected chi connectivity index (χ2v) is 7.16. The highest BCUT2D eigenvalue weighted by atomic mass is 35.5. The van der Waals surface area contributed by atoms with Gasteiger partial charge in [0.15, 0.2) is 0 Å². The van der Waals surface area contributed by atoms with Crippen LogP contribution in [-0.4, -0.2) is 17.0 Å². The van der Waals surface area contributed by atoms with Gasteiger partial charge in [-0.2, -0.15) is 0 Å². The Bertz CT molecular complexity index is 883. The fourth-order valence-corrected chi connectivity index (χ4v) is 3.54. The molecule has 1 N–H and O–H groups in total. The van der Waals surface area contributed by atoms with Crippen molar-refractivity contribution < 1.29 is 4.79 Å². The molecule has 3 rings (SSSR count). The van der Waals surface area contributed by atoms with Gasteiger partial charge in [-0.1, -0.05) is 55.3 Å². The number of unbranched alkanes of at least 4 members (excludes halogenated alkanes) is 1. The minimum absolute atomic E-state index is 0.00000630. The van der Waals surface area contributed by atoms with E-state index >= 15 is 0 Å². The predicted molar refractivity (Wildman–Crippen MR) is 109 cm³/mol. The third kappa shape index (κ3) is 4.10. The van der Waals surface area contributed by atoms with Crippen molar-refractivity contribution in [3.8, 4) is 0 Å². The van der Waals surface area contributed by atoms with Crippen molar-refractivity contribution in [2.75, 3.05) is 6.54 Å². The van der Waals surface area contributed by atoms with Crippen LogP contribution in [0.3, 0.4) is 0 Å². The summed E-state index contributed by atoms with van der Waals surface area (Å²) in [5.74, 6) is 0.0892. The van der Waals surface area contributed by atoms with Crippen LogP contribution in [0.4, 0.5) is 0 Å². The summed E-state index contributed by atoms with van der Waals surface area (Å²) < 4.78 is 2.13. The molecule has 0 unspecified atom stereocenters. The first-order valence-corrected chi connectivity index (χ1v) is 9.54. The molecule has 3 aromatic rings. The van der Waals surface area contributed by atoms with E-state index < -0.39 is 0 Å². The van der Waals surface area contributed by atoms with Crippen LogP contribution in [0.25, 0.3) is 10.9 Å². The number of fused-ring (bicyclic) bond motifs is 1. The first-order chi connectivity index (χ1) is 12.6. The van der Waals surface area contributed by atoms with Crippen molar-refractivity contribution >= 4 is 28.4 Å². The molecule has 0 fully saturated rings. The number of benzene rings is 2. The maximum Gasteiger partial charge on any atom is 0.220 e. The lowest BCUT2D eigenvalue weighted by atomic mass is 9.88. The predicted octanol–water partition coefficient (Wildman–Crippen LogP) is 5.27. The van der Waals surface area contributed by atoms with Crippen LogP contribution in [-0.2, 0) is 11.8 Å². The van der Waals surface area contributed by atoms with Gasteiger partial charge < -0.3 is 9.88 Å². The second-order valence-electron chi connectivity index (χ2n) is 6.72. The minimum Gasteiger partial charge on any atom is -0.356 e. The molecular formula is C22H25ClN2O. The number of amides is 1. The van der Waals surface area contributed by atoms with Gasteiger partial charge in [-0.25, -0.2) is 0 Å². The van der Waals surface area contributed by atoms with Gasteiger partial charge in [-0.05, 0) is 35.7 Å². The van der Waals surface area contributed by atoms with E-state index in [4.69, 9.17) is 11.6 Å². The number of rotatable bonds is 7. The SMILES string of the molecule is CCCCNC(=O)C[C@@H](c1ccc(Cl)cc1)c1cn(C)c2ccccc12. The Kier molecular flexibility index (Phi) is 6.00. The van der Waals surface area contributed by atoms with Crippen LogP contribution in [0.1, 0.15) is 43.2 Å². The van der Waals surface area contributed by atoms with Crippen molar-refractivity contribution in [3.63, 3.8) is 0 Å². The number of hydrogen-bond acceptors (Lipinski definition) is 1. The van der Waals surface area contributed by atoms with Crippen LogP contribution in [0.5, 0.6) is 0 Å². The number of hydrogen-bond donors (Lipinski definition) is 1. The van der Waals surface area contributed by atoms with Gasteiger partial charge in [-0.3, -0.25) is 4.79 Å². The Labute approximate surface area is 160 Å². The number of nitrogens with zero attached hydrogens (tertiary/aromatic N) is 1. The van der Waals surface area contributed by atoms with Gasteiger partial charge in [0.2, 0.25) is 5.91 Å². The molecule has 0 saturated heterocycles. The number of aromatic nitrogens is 1. The molecule has 0 radical (unpaired) electrons. The second kappa shape index (κ2) is 8.41. The van der Waals surface area contributed by atoms with E-state index in [0.29, 0.717) is 11.4 Å². The average molecular weight is 369 g/mol. The van der Waals surface area contributed by atoms with Gasteiger partial charge in [0.25, 0.3) is 0 Å². The van der Waals surface area contributed by atoms with Crippen LogP contribution in [0.15, 0.2) is 54.7 Å². The van der Waals surface area contributed by atoms with Gasteiger partial charge >= 0.3 is 0 Å². The number of aryl methyl sites for hydroxylation is 1. The quantitative estimate of drug-likeness (QED) is 0.566. The van der Waals surface area contributed by atoms with Gasteiger partial charge in [-0.15, -0.1) is 0 Å². The van der Waals surface area contributed by atoms with Gasteiger partial charge in [0.05, 0.1) is 0 Å². The number of para-hydroxylation sites is 1. The first-order valence-electron chi connectivity index (χ1n) is 9.16. The first kappa shape index (κ1) is 18.5. The van der Waals surface area contributed by atoms with Crippen LogP contribution in [0.2, 0.25) is 5.02 Å². The van der Waals surface area contributed by atoms with Gasteiger partial charge in [0, 0.05) is 48.1 Å². The third-order valence-electron chi connectivity index (χ3n) is 4.82. The molecule has 0 saturated carbocycles. The normalized spacial score (nSPS) is 12.3. The molecule has 1 amide bonds. The Balaban J connectivity index is 1.97. The van der Waals surface area contributed by atoms with Crippen molar-refractivity contribution in [2.45, 2.75) is 32.1 Å². The Morgan fingerprint density at radius 3 is 2.62 bits per heavy atom. The molecule has 4 heteroatoms. The standard InChI is InChI=1S/C22H25ClN2O/c1-3-4-13-24-22(26)14-19(16-9-11-17(23)12-10-16)20-15-25(2)21-8-6-5-7-18(20)21/h5-12,15,19H,3-4,13-14H2,1-2H3,(H,24,26)/t19-/m0/s1. The monoisotopic (exact) mass is 368 g/mol. The maximum atomic E-state index is 12.5. The van der Waals surface area contributed by atoms with Crippen LogP contribution < -0.4 is 5.32 Å². The number of halogens is 1. The molecule has 1 atom stereocenters. The fourth-order valence-electron chi connectivity index (χ4n) is 3.42. The van der Waals surface area contributed by atoms with Crippen molar-refractivity contribution in [2.24, 2.45) is 7.05 Å². The zero-order valence-corrected chi connectivity index (χ0v) is 16.1. The van der Waals surface area contributed by atoms with E-state index in [9.17, 15) is 4.79 Å². The van der Waals surface area contributed by atoms with E-state index in [1.165, 1.54) is 16.5 Å². The van der Waals surface area contributed by atoms with E-state index in [2.05, 4.69) is 35.1 Å². The molecule has 0 aliphatic carbocycles. The summed E-state index contributed by atoms with van der Waals surface area (Å²) in [5.41, 5.74) is 3.46. The van der Waals surface area contributed by atoms with E-state index in [-0.39, 0.29) is 11.8 Å². The molecule has 1 aromatic heterocycles. The van der Waals surface area contributed by atoms with Crippen molar-refractivity contribution in [1.82, 2.24) is 9.88 Å². The maximum absolute atomic E-state index is 12.5. The van der Waals surface area contributed by atoms with Crippen molar-refractivity contribution in [1.29, 1.82) is 0 Å². The lowest BCUT2D eigenvalue weighted by molar-refractivity contribution is -0.121. The molecule has 1 heterocycles. The van der Waals surface area contributed by atoms with Crippen molar-refractivity contribution in [3.05, 3.63) is 70.9 Å². The topological polar surface area (TPSA) is 34.0 Å². The summed E-state index contributed by atoms with van der Waals surface area (Å²) >= 11 is 6.07. The van der Waals surface area contributed by atoms with E-state index in [1.54, 1.807) is 0 Å². The van der Waals surface area contributed by atoms with E-state index in [0.717, 1.165) is 24.9 Å². The Morgan fingerprint density at radius 1 is 1.15 bits per heavy atom. The third-order valence-corrected chi connectivity index (χ3v) is 5.07. The molecule has 26 heavy (non-hydrogen) atoms. The zero-order chi connectivity index (χ0) is 18.5. The lowest BCUT2D eigenvalue weighted by Crippen LogP contribution is -2.26. The van der Waals surface area contributed by atoms with E-state index in [1.807, 2.05) is 43.4 Å². The Hall–Kier alpha value is -2.26. The molecular weight excluding hydrogens is 344 g/mol.